The van der Waals surface area contributed by atoms with Gasteiger partial charge in [0.25, 0.3) is 0 Å². The van der Waals surface area contributed by atoms with Crippen LogP contribution < -0.4 is 10.6 Å². The van der Waals surface area contributed by atoms with Gasteiger partial charge in [0.1, 0.15) is 0 Å². The van der Waals surface area contributed by atoms with Crippen molar-refractivity contribution in [1.82, 2.24) is 10.6 Å². The quantitative estimate of drug-likeness (QED) is 0.652. The number of allylic oxidation sites excluding steroid dienone is 1. The second-order valence-electron chi connectivity index (χ2n) is 6.14. The molecule has 0 spiro atoms. The molecule has 2 nitrogen and oxygen atoms in total. The molecule has 0 aromatic heterocycles. The first-order valence-corrected chi connectivity index (χ1v) is 9.30. The summed E-state index contributed by atoms with van der Waals surface area (Å²) in [6, 6.07) is 15.8. The van der Waals surface area contributed by atoms with E-state index in [0.29, 0.717) is 5.11 Å². The standard InChI is InChI=1S/C20H16Cl2N2S/c21-16-7-3-1-5-12(16)11-13-9-10-15-18(13)23-20(25)24-19(15)14-6-2-4-8-17(14)22/h1-8,11,19H,9-10H2,(H2,23,24,25)/b13-11-. The molecule has 2 aromatic carbocycles. The van der Waals surface area contributed by atoms with Crippen molar-refractivity contribution in [3.63, 3.8) is 0 Å². The molecule has 1 atom stereocenters. The number of thiocarbonyl (C=S) groups is 1. The van der Waals surface area contributed by atoms with Gasteiger partial charge in [-0.05, 0) is 65.5 Å². The molecule has 0 saturated heterocycles. The molecule has 0 radical (unpaired) electrons. The third-order valence-corrected chi connectivity index (χ3v) is 5.53. The highest BCUT2D eigenvalue weighted by atomic mass is 35.5. The molecule has 1 unspecified atom stereocenters. The lowest BCUT2D eigenvalue weighted by Gasteiger charge is -2.30. The van der Waals surface area contributed by atoms with Gasteiger partial charge in [0.15, 0.2) is 5.11 Å². The van der Waals surface area contributed by atoms with Gasteiger partial charge in [0, 0.05) is 15.7 Å². The molecule has 0 bridgehead atoms. The molecule has 1 aliphatic carbocycles. The molecule has 126 valence electrons. The van der Waals surface area contributed by atoms with Gasteiger partial charge in [0.05, 0.1) is 6.04 Å². The average molecular weight is 387 g/mol. The number of hydrogen-bond donors (Lipinski definition) is 2. The van der Waals surface area contributed by atoms with Crippen LogP contribution in [0, 0.1) is 0 Å². The molecule has 0 saturated carbocycles. The normalized spacial score (nSPS) is 21.1. The Morgan fingerprint density at radius 3 is 2.44 bits per heavy atom. The van der Waals surface area contributed by atoms with Crippen LogP contribution in [0.3, 0.4) is 0 Å². The topological polar surface area (TPSA) is 24.1 Å². The van der Waals surface area contributed by atoms with E-state index in [9.17, 15) is 0 Å². The average Bonchev–Trinajstić information content (AvgIpc) is 2.99. The Balaban J connectivity index is 1.77. The molecule has 1 heterocycles. The molecule has 4 rings (SSSR count). The summed E-state index contributed by atoms with van der Waals surface area (Å²) >= 11 is 18.2. The van der Waals surface area contributed by atoms with Crippen LogP contribution in [-0.2, 0) is 0 Å². The molecule has 1 aliphatic heterocycles. The predicted molar refractivity (Wildman–Crippen MR) is 109 cm³/mol. The fourth-order valence-corrected chi connectivity index (χ4v) is 4.10. The van der Waals surface area contributed by atoms with Gasteiger partial charge >= 0.3 is 0 Å². The van der Waals surface area contributed by atoms with Crippen LogP contribution in [0.1, 0.15) is 30.0 Å². The molecule has 25 heavy (non-hydrogen) atoms. The zero-order valence-corrected chi connectivity index (χ0v) is 15.7. The zero-order chi connectivity index (χ0) is 17.4. The van der Waals surface area contributed by atoms with Crippen molar-refractivity contribution in [2.75, 3.05) is 0 Å². The Bertz CT molecular complexity index is 917. The van der Waals surface area contributed by atoms with Gasteiger partial charge in [0.2, 0.25) is 0 Å². The van der Waals surface area contributed by atoms with Crippen molar-refractivity contribution >= 4 is 46.6 Å². The highest BCUT2D eigenvalue weighted by Gasteiger charge is 2.32. The van der Waals surface area contributed by atoms with Crippen LogP contribution in [0.5, 0.6) is 0 Å². The van der Waals surface area contributed by atoms with Crippen LogP contribution >= 0.6 is 35.4 Å². The predicted octanol–water partition coefficient (Wildman–Crippen LogP) is 5.64. The molecule has 2 aliphatic rings. The van der Waals surface area contributed by atoms with Crippen LogP contribution in [0.2, 0.25) is 10.0 Å². The van der Waals surface area contributed by atoms with E-state index in [1.54, 1.807) is 0 Å². The van der Waals surface area contributed by atoms with Gasteiger partial charge in [-0.1, -0.05) is 59.6 Å². The second-order valence-corrected chi connectivity index (χ2v) is 7.37. The van der Waals surface area contributed by atoms with Gasteiger partial charge in [-0.2, -0.15) is 0 Å². The molecule has 2 aromatic rings. The van der Waals surface area contributed by atoms with E-state index in [2.05, 4.69) is 16.7 Å². The fraction of sp³-hybridized carbons (Fsp3) is 0.150. The number of hydrogen-bond acceptors (Lipinski definition) is 1. The minimum absolute atomic E-state index is 0.00888. The smallest absolute Gasteiger partial charge is 0.171 e. The van der Waals surface area contributed by atoms with E-state index < -0.39 is 0 Å². The zero-order valence-electron chi connectivity index (χ0n) is 13.4. The highest BCUT2D eigenvalue weighted by Crippen LogP contribution is 2.42. The summed E-state index contributed by atoms with van der Waals surface area (Å²) in [7, 11) is 0. The van der Waals surface area contributed by atoms with Crippen molar-refractivity contribution < 1.29 is 0 Å². The molecular weight excluding hydrogens is 371 g/mol. The maximum absolute atomic E-state index is 6.42. The van der Waals surface area contributed by atoms with Crippen molar-refractivity contribution in [1.29, 1.82) is 0 Å². The summed E-state index contributed by atoms with van der Waals surface area (Å²) in [5, 5.41) is 8.82. The van der Waals surface area contributed by atoms with Crippen molar-refractivity contribution in [2.45, 2.75) is 18.9 Å². The Labute approximate surface area is 162 Å². The first kappa shape index (κ1) is 16.6. The maximum atomic E-state index is 6.42. The number of nitrogens with one attached hydrogen (secondary N) is 2. The van der Waals surface area contributed by atoms with E-state index in [1.807, 2.05) is 48.5 Å². The Hall–Kier alpha value is -1.81. The first-order chi connectivity index (χ1) is 12.1. The largest absolute Gasteiger partial charge is 0.352 e. The van der Waals surface area contributed by atoms with E-state index in [-0.39, 0.29) is 6.04 Å². The summed E-state index contributed by atoms with van der Waals surface area (Å²) in [6.07, 6.45) is 4.06. The lowest BCUT2D eigenvalue weighted by atomic mass is 9.96. The molecular formula is C20H16Cl2N2S. The van der Waals surface area contributed by atoms with Crippen molar-refractivity contribution in [2.24, 2.45) is 0 Å². The van der Waals surface area contributed by atoms with Crippen LogP contribution in [0.4, 0.5) is 0 Å². The third-order valence-electron chi connectivity index (χ3n) is 4.62. The Kier molecular flexibility index (Phi) is 4.55. The monoisotopic (exact) mass is 386 g/mol. The SMILES string of the molecule is S=C1NC2=C(CC/C2=C/c2ccccc2Cl)C(c2ccccc2Cl)N1. The van der Waals surface area contributed by atoms with Gasteiger partial charge in [-0.3, -0.25) is 0 Å². The van der Waals surface area contributed by atoms with Gasteiger partial charge in [-0.25, -0.2) is 0 Å². The van der Waals surface area contributed by atoms with Crippen LogP contribution in [0.15, 0.2) is 65.4 Å². The Morgan fingerprint density at radius 2 is 1.68 bits per heavy atom. The van der Waals surface area contributed by atoms with Crippen molar-refractivity contribution in [3.8, 4) is 0 Å². The fourth-order valence-electron chi connectivity index (χ4n) is 3.44. The third kappa shape index (κ3) is 3.20. The van der Waals surface area contributed by atoms with Gasteiger partial charge < -0.3 is 10.6 Å². The number of rotatable bonds is 2. The van der Waals surface area contributed by atoms with E-state index >= 15 is 0 Å². The summed E-state index contributed by atoms with van der Waals surface area (Å²) in [5.74, 6) is 0. The van der Waals surface area contributed by atoms with E-state index in [1.165, 1.54) is 11.1 Å². The van der Waals surface area contributed by atoms with Crippen LogP contribution in [-0.4, -0.2) is 5.11 Å². The minimum Gasteiger partial charge on any atom is -0.352 e. The van der Waals surface area contributed by atoms with E-state index in [0.717, 1.165) is 39.7 Å². The molecule has 0 fully saturated rings. The summed E-state index contributed by atoms with van der Waals surface area (Å²) < 4.78 is 0. The molecule has 5 heteroatoms. The highest BCUT2D eigenvalue weighted by molar-refractivity contribution is 7.80. The summed E-state index contributed by atoms with van der Waals surface area (Å²) in [5.41, 5.74) is 5.70. The summed E-state index contributed by atoms with van der Waals surface area (Å²) in [4.78, 5) is 0. The van der Waals surface area contributed by atoms with E-state index in [4.69, 9.17) is 35.4 Å². The first-order valence-electron chi connectivity index (χ1n) is 8.14. The van der Waals surface area contributed by atoms with Crippen LogP contribution in [0.25, 0.3) is 6.08 Å². The molecule has 0 amide bonds. The Morgan fingerprint density at radius 1 is 0.960 bits per heavy atom. The second kappa shape index (κ2) is 6.83. The summed E-state index contributed by atoms with van der Waals surface area (Å²) in [6.45, 7) is 0. The van der Waals surface area contributed by atoms with Crippen molar-refractivity contribution in [3.05, 3.63) is 86.5 Å². The number of halogens is 2. The lowest BCUT2D eigenvalue weighted by molar-refractivity contribution is 0.684. The number of benzene rings is 2. The maximum Gasteiger partial charge on any atom is 0.171 e. The lowest BCUT2D eigenvalue weighted by Crippen LogP contribution is -2.43. The molecule has 2 N–H and O–H groups in total. The minimum atomic E-state index is 0.00888. The van der Waals surface area contributed by atoms with Gasteiger partial charge in [-0.15, -0.1) is 0 Å².